The Kier molecular flexibility index (Phi) is 2.69. The van der Waals surface area contributed by atoms with E-state index >= 15 is 0 Å². The molecule has 0 aromatic carbocycles. The third kappa shape index (κ3) is 1.81. The first-order chi connectivity index (χ1) is 5.75. The Morgan fingerprint density at radius 3 is 2.25 bits per heavy atom. The number of hydrogen-bond donors (Lipinski definition) is 0. The summed E-state index contributed by atoms with van der Waals surface area (Å²) >= 11 is 0. The van der Waals surface area contributed by atoms with Gasteiger partial charge in [-0.25, -0.2) is 0 Å². The molecule has 2 nitrogen and oxygen atoms in total. The Bertz CT molecular complexity index is 145. The minimum absolute atomic E-state index is 0.979. The van der Waals surface area contributed by atoms with Crippen molar-refractivity contribution >= 4 is 9.39 Å². The smallest absolute Gasteiger partial charge is 0.00481 e. The van der Waals surface area contributed by atoms with Crippen LogP contribution >= 0.6 is 9.39 Å². The molecule has 2 rings (SSSR count). The Morgan fingerprint density at radius 2 is 1.75 bits per heavy atom. The molecule has 0 aliphatic carbocycles. The molecule has 70 valence electrons. The van der Waals surface area contributed by atoms with Gasteiger partial charge in [0, 0.05) is 19.6 Å². The summed E-state index contributed by atoms with van der Waals surface area (Å²) in [5.41, 5.74) is 0. The van der Waals surface area contributed by atoms with E-state index in [0.717, 1.165) is 11.8 Å². The van der Waals surface area contributed by atoms with Gasteiger partial charge in [-0.15, -0.1) is 0 Å². The molecule has 12 heavy (non-hydrogen) atoms. The first kappa shape index (κ1) is 8.93. The van der Waals surface area contributed by atoms with Gasteiger partial charge in [-0.3, -0.25) is 4.67 Å². The van der Waals surface area contributed by atoms with Crippen LogP contribution in [0.3, 0.4) is 0 Å². The van der Waals surface area contributed by atoms with Gasteiger partial charge in [0.15, 0.2) is 0 Å². The zero-order valence-corrected chi connectivity index (χ0v) is 9.02. The maximum atomic E-state index is 2.83. The average molecular weight is 186 g/mol. The molecule has 0 aromatic heterocycles. The molecular weight excluding hydrogens is 167 g/mol. The highest BCUT2D eigenvalue weighted by atomic mass is 31.0. The average Bonchev–Trinajstić information content (AvgIpc) is 2.58. The highest BCUT2D eigenvalue weighted by molar-refractivity contribution is 7.13. The fourth-order valence-corrected chi connectivity index (χ4v) is 2.97. The number of hydrogen-bond acceptors (Lipinski definition) is 2. The Morgan fingerprint density at radius 1 is 1.08 bits per heavy atom. The van der Waals surface area contributed by atoms with Crippen molar-refractivity contribution in [2.24, 2.45) is 11.8 Å². The van der Waals surface area contributed by atoms with Crippen molar-refractivity contribution in [1.29, 1.82) is 0 Å². The zero-order valence-electron chi connectivity index (χ0n) is 7.87. The molecule has 0 N–H and O–H groups in total. The van der Waals surface area contributed by atoms with Crippen molar-refractivity contribution in [2.75, 3.05) is 33.2 Å². The first-order valence-corrected chi connectivity index (χ1v) is 5.45. The molecule has 0 aromatic rings. The molecule has 2 saturated heterocycles. The molecular formula is C9H19N2P. The summed E-state index contributed by atoms with van der Waals surface area (Å²) in [6.45, 7) is 5.25. The lowest BCUT2D eigenvalue weighted by Gasteiger charge is -2.17. The van der Waals surface area contributed by atoms with Crippen LogP contribution in [0.4, 0.5) is 0 Å². The summed E-state index contributed by atoms with van der Waals surface area (Å²) in [7, 11) is 5.08. The van der Waals surface area contributed by atoms with Crippen LogP contribution < -0.4 is 0 Å². The third-order valence-corrected chi connectivity index (χ3v) is 3.82. The predicted molar refractivity (Wildman–Crippen MR) is 55.0 cm³/mol. The normalized spacial score (nSPS) is 39.5. The lowest BCUT2D eigenvalue weighted by Crippen LogP contribution is -2.20. The van der Waals surface area contributed by atoms with Crippen molar-refractivity contribution in [2.45, 2.75) is 12.8 Å². The molecule has 0 spiro atoms. The Labute approximate surface area is 77.6 Å². The molecule has 2 aliphatic heterocycles. The minimum atomic E-state index is 0.979. The molecule has 2 fully saturated rings. The third-order valence-electron chi connectivity index (χ3n) is 3.35. The largest absolute Gasteiger partial charge is 0.306 e. The van der Waals surface area contributed by atoms with Crippen molar-refractivity contribution < 1.29 is 0 Å². The highest BCUT2D eigenvalue weighted by Crippen LogP contribution is 2.31. The minimum Gasteiger partial charge on any atom is -0.306 e. The second-order valence-corrected chi connectivity index (χ2v) is 5.08. The molecule has 0 bridgehead atoms. The van der Waals surface area contributed by atoms with Gasteiger partial charge < -0.3 is 4.90 Å². The van der Waals surface area contributed by atoms with E-state index in [4.69, 9.17) is 0 Å². The van der Waals surface area contributed by atoms with E-state index in [1.165, 1.54) is 39.0 Å². The van der Waals surface area contributed by atoms with Crippen LogP contribution in [-0.2, 0) is 0 Å². The van der Waals surface area contributed by atoms with Gasteiger partial charge in [0.05, 0.1) is 0 Å². The van der Waals surface area contributed by atoms with Crippen LogP contribution in [-0.4, -0.2) is 42.8 Å². The number of likely N-dealkylation sites (tertiary alicyclic amines) is 1. The quantitative estimate of drug-likeness (QED) is 0.565. The fourth-order valence-electron chi connectivity index (χ4n) is 2.55. The molecule has 2 aliphatic rings. The van der Waals surface area contributed by atoms with Gasteiger partial charge in [0.25, 0.3) is 0 Å². The summed E-state index contributed by atoms with van der Waals surface area (Å²) in [6.07, 6.45) is 2.85. The van der Waals surface area contributed by atoms with Gasteiger partial charge >= 0.3 is 0 Å². The summed E-state index contributed by atoms with van der Waals surface area (Å²) in [5.74, 6) is 1.97. The van der Waals surface area contributed by atoms with Gasteiger partial charge in [0.1, 0.15) is 0 Å². The van der Waals surface area contributed by atoms with Gasteiger partial charge in [-0.05, 0) is 38.3 Å². The monoisotopic (exact) mass is 186 g/mol. The fraction of sp³-hybridized carbons (Fsp3) is 1.00. The van der Waals surface area contributed by atoms with Crippen LogP contribution in [0, 0.1) is 11.8 Å². The summed E-state index contributed by atoms with van der Waals surface area (Å²) in [5, 5.41) is 0. The lowest BCUT2D eigenvalue weighted by atomic mass is 9.91. The molecule has 2 heterocycles. The molecule has 3 atom stereocenters. The van der Waals surface area contributed by atoms with Crippen molar-refractivity contribution in [3.8, 4) is 0 Å². The molecule has 0 radical (unpaired) electrons. The van der Waals surface area contributed by atoms with Gasteiger partial charge in [0.2, 0.25) is 0 Å². The maximum absolute atomic E-state index is 2.83. The van der Waals surface area contributed by atoms with Crippen LogP contribution in [0.15, 0.2) is 0 Å². The van der Waals surface area contributed by atoms with E-state index in [2.05, 4.69) is 26.0 Å². The van der Waals surface area contributed by atoms with Gasteiger partial charge in [-0.2, -0.15) is 0 Å². The number of nitrogens with zero attached hydrogens (tertiary/aromatic N) is 2. The van der Waals surface area contributed by atoms with E-state index in [1.54, 1.807) is 0 Å². The maximum Gasteiger partial charge on any atom is 0.00481 e. The highest BCUT2D eigenvalue weighted by Gasteiger charge is 2.31. The van der Waals surface area contributed by atoms with Crippen molar-refractivity contribution in [1.82, 2.24) is 9.57 Å². The summed E-state index contributed by atoms with van der Waals surface area (Å²) < 4.78 is 2.39. The van der Waals surface area contributed by atoms with E-state index in [9.17, 15) is 0 Å². The topological polar surface area (TPSA) is 6.48 Å². The lowest BCUT2D eigenvalue weighted by molar-refractivity contribution is 0.328. The second-order valence-electron chi connectivity index (χ2n) is 4.35. The Hall–Kier alpha value is 0.350. The zero-order chi connectivity index (χ0) is 8.55. The van der Waals surface area contributed by atoms with Crippen LogP contribution in [0.25, 0.3) is 0 Å². The molecule has 3 heteroatoms. The standard InChI is InChI=1S/C9H19N2P/c1-10-4-2-8(6-10)9-3-5-11(12)7-9/h8-9H,2-7,12H2,1H3. The van der Waals surface area contributed by atoms with E-state index in [0.29, 0.717) is 0 Å². The van der Waals surface area contributed by atoms with E-state index < -0.39 is 0 Å². The molecule has 0 amide bonds. The van der Waals surface area contributed by atoms with Crippen LogP contribution in [0.1, 0.15) is 12.8 Å². The van der Waals surface area contributed by atoms with Crippen molar-refractivity contribution in [3.63, 3.8) is 0 Å². The summed E-state index contributed by atoms with van der Waals surface area (Å²) in [6, 6.07) is 0. The van der Waals surface area contributed by atoms with E-state index in [1.807, 2.05) is 0 Å². The predicted octanol–water partition coefficient (Wildman–Crippen LogP) is 1.05. The van der Waals surface area contributed by atoms with Crippen molar-refractivity contribution in [3.05, 3.63) is 0 Å². The molecule has 0 saturated carbocycles. The first-order valence-electron chi connectivity index (χ1n) is 4.94. The SMILES string of the molecule is CN1CCC(C2CCN(P)C2)C1. The summed E-state index contributed by atoms with van der Waals surface area (Å²) in [4.78, 5) is 2.47. The second kappa shape index (κ2) is 3.61. The van der Waals surface area contributed by atoms with Gasteiger partial charge in [-0.1, -0.05) is 9.39 Å². The van der Waals surface area contributed by atoms with Crippen LogP contribution in [0.5, 0.6) is 0 Å². The molecule has 3 unspecified atom stereocenters. The number of rotatable bonds is 1. The van der Waals surface area contributed by atoms with Crippen LogP contribution in [0.2, 0.25) is 0 Å². The Balaban J connectivity index is 1.85. The van der Waals surface area contributed by atoms with E-state index in [-0.39, 0.29) is 0 Å².